The summed E-state index contributed by atoms with van der Waals surface area (Å²) >= 11 is 0. The van der Waals surface area contributed by atoms with Gasteiger partial charge in [-0.05, 0) is 58.1 Å². The number of rotatable bonds is 4. The molecule has 154 valence electrons. The van der Waals surface area contributed by atoms with Gasteiger partial charge >= 0.3 is 0 Å². The maximum absolute atomic E-state index is 13.5. The molecule has 4 aromatic rings. The fourth-order valence-electron chi connectivity index (χ4n) is 4.03. The second-order valence-electron chi connectivity index (χ2n) is 7.84. The Balaban J connectivity index is 1.69. The highest BCUT2D eigenvalue weighted by Gasteiger charge is 2.13. The summed E-state index contributed by atoms with van der Waals surface area (Å²) in [6, 6.07) is 24.9. The van der Waals surface area contributed by atoms with Crippen LogP contribution in [0.3, 0.4) is 0 Å². The number of hydrogen-bond acceptors (Lipinski definition) is 0. The van der Waals surface area contributed by atoms with E-state index < -0.39 is 11.6 Å². The van der Waals surface area contributed by atoms with Crippen molar-refractivity contribution >= 4 is 10.8 Å². The first-order chi connectivity index (χ1) is 15.1. The molecule has 0 bridgehead atoms. The smallest absolute Gasteiger partial charge is 0.160 e. The van der Waals surface area contributed by atoms with Gasteiger partial charge in [0.25, 0.3) is 0 Å². The Morgan fingerprint density at radius 2 is 1.65 bits per heavy atom. The molecule has 0 nitrogen and oxygen atoms in total. The molecule has 0 N–H and O–H groups in total. The number of halogens is 2. The van der Waals surface area contributed by atoms with Crippen molar-refractivity contribution in [3.63, 3.8) is 0 Å². The van der Waals surface area contributed by atoms with E-state index in [1.807, 2.05) is 12.1 Å². The number of hydrogen-bond donors (Lipinski definition) is 0. The molecule has 0 heterocycles. The maximum Gasteiger partial charge on any atom is 0.160 e. The van der Waals surface area contributed by atoms with Crippen LogP contribution in [0.4, 0.5) is 8.78 Å². The zero-order chi connectivity index (χ0) is 21.8. The molecule has 0 aliphatic heterocycles. The molecule has 0 saturated heterocycles. The molecule has 0 aliphatic rings. The summed E-state index contributed by atoms with van der Waals surface area (Å²) in [6.07, 6.45) is 2.21. The fourth-order valence-corrected chi connectivity index (χ4v) is 4.03. The molecular formula is C29H24F2. The quantitative estimate of drug-likeness (QED) is 0.304. The summed E-state index contributed by atoms with van der Waals surface area (Å²) in [5.74, 6) is 4.62. The minimum absolute atomic E-state index is 0.295. The molecule has 0 saturated carbocycles. The van der Waals surface area contributed by atoms with Crippen molar-refractivity contribution in [2.24, 2.45) is 0 Å². The second kappa shape index (κ2) is 9.14. The van der Waals surface area contributed by atoms with Crippen LogP contribution in [0.25, 0.3) is 10.8 Å². The molecule has 0 spiro atoms. The van der Waals surface area contributed by atoms with Gasteiger partial charge in [-0.1, -0.05) is 86.7 Å². The van der Waals surface area contributed by atoms with Crippen molar-refractivity contribution in [2.75, 3.05) is 0 Å². The van der Waals surface area contributed by atoms with E-state index in [0.717, 1.165) is 41.3 Å². The minimum Gasteiger partial charge on any atom is -0.204 e. The molecule has 4 rings (SSSR count). The van der Waals surface area contributed by atoms with Crippen LogP contribution in [-0.4, -0.2) is 0 Å². The number of fused-ring (bicyclic) bond motifs is 1. The summed E-state index contributed by atoms with van der Waals surface area (Å²) in [5.41, 5.74) is 5.37. The highest BCUT2D eigenvalue weighted by molar-refractivity contribution is 5.89. The van der Waals surface area contributed by atoms with Gasteiger partial charge in [-0.3, -0.25) is 0 Å². The highest BCUT2D eigenvalue weighted by atomic mass is 19.2. The third-order valence-corrected chi connectivity index (χ3v) is 5.71. The largest absolute Gasteiger partial charge is 0.204 e. The molecule has 0 aromatic heterocycles. The third kappa shape index (κ3) is 4.52. The van der Waals surface area contributed by atoms with Crippen LogP contribution in [0.1, 0.15) is 54.0 Å². The second-order valence-corrected chi connectivity index (χ2v) is 7.84. The van der Waals surface area contributed by atoms with Crippen molar-refractivity contribution in [3.8, 4) is 11.8 Å². The lowest BCUT2D eigenvalue weighted by molar-refractivity contribution is 0.508. The van der Waals surface area contributed by atoms with E-state index in [4.69, 9.17) is 0 Å². The molecule has 2 heteroatoms. The van der Waals surface area contributed by atoms with Crippen LogP contribution in [-0.2, 0) is 6.42 Å². The topological polar surface area (TPSA) is 0 Å². The molecule has 1 unspecified atom stereocenters. The predicted octanol–water partition coefficient (Wildman–Crippen LogP) is 7.62. The molecule has 0 radical (unpaired) electrons. The number of benzene rings is 4. The van der Waals surface area contributed by atoms with E-state index in [1.165, 1.54) is 22.8 Å². The van der Waals surface area contributed by atoms with Gasteiger partial charge < -0.3 is 0 Å². The summed E-state index contributed by atoms with van der Waals surface area (Å²) < 4.78 is 26.6. The predicted molar refractivity (Wildman–Crippen MR) is 124 cm³/mol. The first-order valence-electron chi connectivity index (χ1n) is 10.6. The van der Waals surface area contributed by atoms with Gasteiger partial charge in [0.2, 0.25) is 0 Å². The normalized spacial score (nSPS) is 11.7. The van der Waals surface area contributed by atoms with E-state index in [2.05, 4.69) is 74.2 Å². The molecule has 0 amide bonds. The Morgan fingerprint density at radius 3 is 2.45 bits per heavy atom. The van der Waals surface area contributed by atoms with E-state index >= 15 is 0 Å². The van der Waals surface area contributed by atoms with Crippen LogP contribution in [0, 0.1) is 23.5 Å². The van der Waals surface area contributed by atoms with Gasteiger partial charge in [-0.2, -0.15) is 0 Å². The van der Waals surface area contributed by atoms with Crippen molar-refractivity contribution in [1.29, 1.82) is 0 Å². The summed E-state index contributed by atoms with van der Waals surface area (Å²) in [5, 5.41) is 2.17. The van der Waals surface area contributed by atoms with Gasteiger partial charge in [0.15, 0.2) is 11.6 Å². The van der Waals surface area contributed by atoms with Gasteiger partial charge in [-0.15, -0.1) is 0 Å². The SMILES string of the molecule is CCCc1ccccc1C(C)c1ccc2c(C#Cc3ccc(F)c(F)c3)cccc2c1. The zero-order valence-electron chi connectivity index (χ0n) is 17.8. The monoisotopic (exact) mass is 410 g/mol. The first kappa shape index (κ1) is 20.8. The van der Waals surface area contributed by atoms with E-state index in [1.54, 1.807) is 0 Å². The van der Waals surface area contributed by atoms with E-state index in [9.17, 15) is 8.78 Å². The average molecular weight is 411 g/mol. The average Bonchev–Trinajstić information content (AvgIpc) is 2.79. The minimum atomic E-state index is -0.883. The summed E-state index contributed by atoms with van der Waals surface area (Å²) in [4.78, 5) is 0. The molecule has 0 aliphatic carbocycles. The van der Waals surface area contributed by atoms with E-state index in [0.29, 0.717) is 11.5 Å². The highest BCUT2D eigenvalue weighted by Crippen LogP contribution is 2.30. The van der Waals surface area contributed by atoms with Gasteiger partial charge in [0.05, 0.1) is 0 Å². The molecule has 1 atom stereocenters. The Hall–Kier alpha value is -3.44. The maximum atomic E-state index is 13.5. The van der Waals surface area contributed by atoms with Crippen molar-refractivity contribution in [3.05, 3.63) is 118 Å². The van der Waals surface area contributed by atoms with Crippen LogP contribution < -0.4 is 0 Å². The van der Waals surface area contributed by atoms with Crippen LogP contribution in [0.2, 0.25) is 0 Å². The van der Waals surface area contributed by atoms with Gasteiger partial charge in [-0.25, -0.2) is 8.78 Å². The lowest BCUT2D eigenvalue weighted by Crippen LogP contribution is -2.01. The Kier molecular flexibility index (Phi) is 6.14. The van der Waals surface area contributed by atoms with Gasteiger partial charge in [0.1, 0.15) is 0 Å². The fraction of sp³-hybridized carbons (Fsp3) is 0.172. The van der Waals surface area contributed by atoms with Crippen LogP contribution in [0.5, 0.6) is 0 Å². The third-order valence-electron chi connectivity index (χ3n) is 5.71. The van der Waals surface area contributed by atoms with Crippen molar-refractivity contribution < 1.29 is 8.78 Å². The summed E-state index contributed by atoms with van der Waals surface area (Å²) in [6.45, 7) is 4.46. The molecule has 4 aromatic carbocycles. The molecule has 31 heavy (non-hydrogen) atoms. The zero-order valence-corrected chi connectivity index (χ0v) is 17.8. The van der Waals surface area contributed by atoms with Crippen LogP contribution in [0.15, 0.2) is 78.9 Å². The summed E-state index contributed by atoms with van der Waals surface area (Å²) in [7, 11) is 0. The first-order valence-corrected chi connectivity index (χ1v) is 10.6. The van der Waals surface area contributed by atoms with Crippen molar-refractivity contribution in [2.45, 2.75) is 32.6 Å². The van der Waals surface area contributed by atoms with Crippen molar-refractivity contribution in [1.82, 2.24) is 0 Å². The lowest BCUT2D eigenvalue weighted by atomic mass is 9.87. The molecule has 0 fully saturated rings. The number of aryl methyl sites for hydroxylation is 1. The standard InChI is InChI=1S/C29H24F2/c1-3-7-22-8-4-5-11-26(22)20(2)24-15-16-27-23(9-6-10-25(27)19-24)14-12-21-13-17-28(30)29(31)18-21/h4-6,8-11,13,15-20H,3,7H2,1-2H3. The Labute approximate surface area is 182 Å². The van der Waals surface area contributed by atoms with Gasteiger partial charge in [0, 0.05) is 17.0 Å². The van der Waals surface area contributed by atoms with Crippen LogP contribution >= 0.6 is 0 Å². The Bertz CT molecular complexity index is 1290. The molecular weight excluding hydrogens is 386 g/mol. The lowest BCUT2D eigenvalue weighted by Gasteiger charge is -2.17. The van der Waals surface area contributed by atoms with E-state index in [-0.39, 0.29) is 0 Å². The Morgan fingerprint density at radius 1 is 0.806 bits per heavy atom.